The van der Waals surface area contributed by atoms with Crippen LogP contribution in [0.5, 0.6) is 5.75 Å². The fourth-order valence-electron chi connectivity index (χ4n) is 1.22. The summed E-state index contributed by atoms with van der Waals surface area (Å²) >= 11 is 0. The van der Waals surface area contributed by atoms with Crippen molar-refractivity contribution in [1.82, 2.24) is 4.57 Å². The Balaban J connectivity index is 2.15. The zero-order valence-electron chi connectivity index (χ0n) is 7.69. The minimum Gasteiger partial charge on any atom is -0.497 e. The summed E-state index contributed by atoms with van der Waals surface area (Å²) in [6.45, 7) is 0.363. The van der Waals surface area contributed by atoms with Gasteiger partial charge in [-0.2, -0.15) is 0 Å². The van der Waals surface area contributed by atoms with Gasteiger partial charge in [0.05, 0.1) is 13.7 Å². The molecule has 2 aromatic rings. The van der Waals surface area contributed by atoms with Crippen molar-refractivity contribution in [2.45, 2.75) is 6.54 Å². The van der Waals surface area contributed by atoms with E-state index in [9.17, 15) is 9.59 Å². The Morgan fingerprint density at radius 2 is 1.71 bits per heavy atom. The van der Waals surface area contributed by atoms with Crippen molar-refractivity contribution in [3.05, 3.63) is 50.5 Å². The highest BCUT2D eigenvalue weighted by molar-refractivity contribution is 5.27. The minimum absolute atomic E-state index is 0.363. The molecule has 14 heavy (non-hydrogen) atoms. The number of nitrogens with zero attached hydrogens (tertiary/aromatic N) is 1. The van der Waals surface area contributed by atoms with Crippen LogP contribution < -0.4 is 15.9 Å². The molecule has 0 amide bonds. The van der Waals surface area contributed by atoms with Crippen LogP contribution in [0.4, 0.5) is 0 Å². The minimum atomic E-state index is -0.402. The second kappa shape index (κ2) is 3.14. The van der Waals surface area contributed by atoms with Crippen LogP contribution in [0.1, 0.15) is 5.56 Å². The second-order valence-electron chi connectivity index (χ2n) is 3.04. The molecule has 0 atom stereocenters. The number of hydrogen-bond acceptors (Lipinski definition) is 3. The smallest absolute Gasteiger partial charge is 0.319 e. The van der Waals surface area contributed by atoms with E-state index in [4.69, 9.17) is 4.74 Å². The van der Waals surface area contributed by atoms with Crippen LogP contribution in [-0.4, -0.2) is 11.7 Å². The molecule has 0 spiro atoms. The Labute approximate surface area is 80.1 Å². The number of methoxy groups -OCH3 is 1. The van der Waals surface area contributed by atoms with Crippen molar-refractivity contribution < 1.29 is 4.74 Å². The third-order valence-corrected chi connectivity index (χ3v) is 2.12. The van der Waals surface area contributed by atoms with Crippen molar-refractivity contribution in [2.75, 3.05) is 7.11 Å². The Kier molecular flexibility index (Phi) is 1.96. The SMILES string of the molecule is COc1ccc(Cn2c(=O)c2=O)cc1. The molecule has 0 fully saturated rings. The highest BCUT2D eigenvalue weighted by Gasteiger charge is 2.15. The van der Waals surface area contributed by atoms with Crippen molar-refractivity contribution >= 4 is 0 Å². The molecule has 0 saturated carbocycles. The first-order chi connectivity index (χ1) is 6.72. The van der Waals surface area contributed by atoms with Gasteiger partial charge in [0.25, 0.3) is 0 Å². The Morgan fingerprint density at radius 3 is 2.14 bits per heavy atom. The van der Waals surface area contributed by atoms with Crippen LogP contribution in [-0.2, 0) is 6.54 Å². The van der Waals surface area contributed by atoms with E-state index in [1.54, 1.807) is 19.2 Å². The normalized spacial score (nSPS) is 10.6. The number of rotatable bonds is 3. The predicted octanol–water partition coefficient (Wildman–Crippen LogP) is 0.141. The largest absolute Gasteiger partial charge is 0.497 e. The van der Waals surface area contributed by atoms with E-state index in [1.807, 2.05) is 12.1 Å². The van der Waals surface area contributed by atoms with Crippen LogP contribution in [0.15, 0.2) is 33.9 Å². The lowest BCUT2D eigenvalue weighted by molar-refractivity contribution is 0.414. The molecule has 72 valence electrons. The number of hydrogen-bond donors (Lipinski definition) is 0. The van der Waals surface area contributed by atoms with Crippen LogP contribution in [0, 0.1) is 0 Å². The third kappa shape index (κ3) is 1.46. The van der Waals surface area contributed by atoms with Crippen LogP contribution in [0.3, 0.4) is 0 Å². The molecule has 0 N–H and O–H groups in total. The van der Waals surface area contributed by atoms with E-state index in [-0.39, 0.29) is 0 Å². The van der Waals surface area contributed by atoms with E-state index >= 15 is 0 Å². The quantitative estimate of drug-likeness (QED) is 0.648. The van der Waals surface area contributed by atoms with E-state index in [1.165, 1.54) is 4.57 Å². The first-order valence-corrected chi connectivity index (χ1v) is 4.21. The van der Waals surface area contributed by atoms with Crippen LogP contribution in [0.2, 0.25) is 0 Å². The van der Waals surface area contributed by atoms with E-state index in [0.29, 0.717) is 6.54 Å². The van der Waals surface area contributed by atoms with Crippen LogP contribution >= 0.6 is 0 Å². The Hall–Kier alpha value is -1.84. The van der Waals surface area contributed by atoms with Gasteiger partial charge in [-0.05, 0) is 17.7 Å². The summed E-state index contributed by atoms with van der Waals surface area (Å²) in [7, 11) is 1.59. The summed E-state index contributed by atoms with van der Waals surface area (Å²) in [6, 6.07) is 7.26. The predicted molar refractivity (Wildman–Crippen MR) is 51.4 cm³/mol. The summed E-state index contributed by atoms with van der Waals surface area (Å²) in [5.74, 6) is 0.761. The molecule has 0 aliphatic rings. The molecule has 1 heterocycles. The summed E-state index contributed by atoms with van der Waals surface area (Å²) in [5, 5.41) is 0. The maximum Gasteiger partial charge on any atom is 0.319 e. The van der Waals surface area contributed by atoms with E-state index in [0.717, 1.165) is 11.3 Å². The summed E-state index contributed by atoms with van der Waals surface area (Å²) in [5.41, 5.74) is 0.117. The molecule has 1 aromatic heterocycles. The first kappa shape index (κ1) is 8.74. The lowest BCUT2D eigenvalue weighted by Crippen LogP contribution is -1.97. The third-order valence-electron chi connectivity index (χ3n) is 2.12. The molecule has 0 bridgehead atoms. The van der Waals surface area contributed by atoms with Gasteiger partial charge >= 0.3 is 11.1 Å². The van der Waals surface area contributed by atoms with Gasteiger partial charge in [0.1, 0.15) is 5.75 Å². The van der Waals surface area contributed by atoms with Gasteiger partial charge in [-0.15, -0.1) is 0 Å². The fourth-order valence-corrected chi connectivity index (χ4v) is 1.22. The molecule has 0 unspecified atom stereocenters. The molecule has 4 nitrogen and oxygen atoms in total. The fraction of sp³-hybridized carbons (Fsp3) is 0.200. The van der Waals surface area contributed by atoms with Crippen molar-refractivity contribution in [3.8, 4) is 5.75 Å². The molecule has 1 aromatic carbocycles. The summed E-state index contributed by atoms with van der Waals surface area (Å²) < 4.78 is 6.18. The molecule has 4 heteroatoms. The maximum atomic E-state index is 10.7. The molecule has 0 radical (unpaired) electrons. The highest BCUT2D eigenvalue weighted by atomic mass is 16.5. The second-order valence-corrected chi connectivity index (χ2v) is 3.04. The number of aromatic nitrogens is 1. The van der Waals surface area contributed by atoms with Crippen LogP contribution in [0.25, 0.3) is 0 Å². The van der Waals surface area contributed by atoms with Gasteiger partial charge in [0.15, 0.2) is 0 Å². The zero-order chi connectivity index (χ0) is 10.1. The highest BCUT2D eigenvalue weighted by Crippen LogP contribution is 2.11. The average Bonchev–Trinajstić information content (AvgIpc) is 2.77. The van der Waals surface area contributed by atoms with Crippen molar-refractivity contribution in [3.63, 3.8) is 0 Å². The maximum absolute atomic E-state index is 10.7. The van der Waals surface area contributed by atoms with Gasteiger partial charge in [0.2, 0.25) is 0 Å². The average molecular weight is 191 g/mol. The molecular weight excluding hydrogens is 182 g/mol. The molecule has 0 saturated heterocycles. The van der Waals surface area contributed by atoms with Gasteiger partial charge < -0.3 is 4.74 Å². The monoisotopic (exact) mass is 191 g/mol. The Bertz CT molecular complexity index is 478. The van der Waals surface area contributed by atoms with E-state index < -0.39 is 11.1 Å². The molecular formula is C10H9NO3. The summed E-state index contributed by atoms with van der Waals surface area (Å²) in [6.07, 6.45) is 0. The number of benzene rings is 1. The molecule has 0 aliphatic heterocycles. The van der Waals surface area contributed by atoms with Gasteiger partial charge in [0, 0.05) is 0 Å². The van der Waals surface area contributed by atoms with E-state index in [2.05, 4.69) is 0 Å². The van der Waals surface area contributed by atoms with Gasteiger partial charge in [-0.25, -0.2) is 0 Å². The topological polar surface area (TPSA) is 48.3 Å². The van der Waals surface area contributed by atoms with Gasteiger partial charge in [-0.3, -0.25) is 14.2 Å². The first-order valence-electron chi connectivity index (χ1n) is 4.21. The van der Waals surface area contributed by atoms with Crippen molar-refractivity contribution in [1.29, 1.82) is 0 Å². The van der Waals surface area contributed by atoms with Crippen molar-refractivity contribution in [2.24, 2.45) is 0 Å². The summed E-state index contributed by atoms with van der Waals surface area (Å²) in [4.78, 5) is 21.4. The lowest BCUT2D eigenvalue weighted by atomic mass is 10.2. The Morgan fingerprint density at radius 1 is 1.14 bits per heavy atom. The molecule has 0 aliphatic carbocycles. The number of ether oxygens (including phenoxy) is 1. The van der Waals surface area contributed by atoms with Gasteiger partial charge in [-0.1, -0.05) is 12.1 Å². The zero-order valence-corrected chi connectivity index (χ0v) is 7.69. The standard InChI is InChI=1S/C10H9NO3/c1-14-8-4-2-7(3-5-8)6-11-9(12)10(11)13/h2-5H,6H2,1H3. The molecule has 2 rings (SSSR count). The lowest BCUT2D eigenvalue weighted by Gasteiger charge is -2.00.